The molecule has 2 aromatic heterocycles. The number of anilines is 1. The molecule has 1 atom stereocenters. The Morgan fingerprint density at radius 1 is 1.06 bits per heavy atom. The van der Waals surface area contributed by atoms with E-state index in [-0.39, 0.29) is 43.2 Å². The standard InChI is InChI=1S/C22H18FN5O4S.2H2/c23-17-4-2-1-3-16(17)21-27-28-22(32-21)19-20(24)25-11-18(26-19)13-5-7-14(8-6-13)33(29,30)15-9-10-31-12-15;;/h1-8,11,15H,9-10,12H2,(H2,24,25);2*1H. The lowest BCUT2D eigenvalue weighted by Gasteiger charge is -2.10. The lowest BCUT2D eigenvalue weighted by atomic mass is 10.1. The summed E-state index contributed by atoms with van der Waals surface area (Å²) in [6.45, 7) is 0.649. The zero-order chi connectivity index (χ0) is 23.0. The second-order valence-electron chi connectivity index (χ2n) is 7.44. The maximum Gasteiger partial charge on any atom is 0.270 e. The molecule has 4 aromatic rings. The van der Waals surface area contributed by atoms with E-state index in [9.17, 15) is 12.8 Å². The zero-order valence-corrected chi connectivity index (χ0v) is 18.0. The third-order valence-electron chi connectivity index (χ3n) is 5.34. The zero-order valence-electron chi connectivity index (χ0n) is 17.2. The summed E-state index contributed by atoms with van der Waals surface area (Å²) in [5.74, 6) is -0.469. The Bertz CT molecular complexity index is 1430. The van der Waals surface area contributed by atoms with E-state index in [4.69, 9.17) is 14.9 Å². The van der Waals surface area contributed by atoms with Gasteiger partial charge in [-0.3, -0.25) is 0 Å². The number of nitrogens with two attached hydrogens (primary N) is 1. The Hall–Kier alpha value is -3.70. The molecular formula is C22H22FN5O4S. The van der Waals surface area contributed by atoms with Crippen molar-refractivity contribution in [3.05, 3.63) is 60.5 Å². The van der Waals surface area contributed by atoms with Crippen molar-refractivity contribution in [3.63, 3.8) is 0 Å². The van der Waals surface area contributed by atoms with Gasteiger partial charge in [-0.2, -0.15) is 0 Å². The molecule has 0 amide bonds. The molecule has 11 heteroatoms. The Kier molecular flexibility index (Phi) is 5.35. The third-order valence-corrected chi connectivity index (χ3v) is 7.52. The number of halogens is 1. The maximum atomic E-state index is 14.0. The largest absolute Gasteiger partial charge is 0.414 e. The number of ether oxygens (including phenoxy) is 1. The second-order valence-corrected chi connectivity index (χ2v) is 9.66. The monoisotopic (exact) mass is 471 g/mol. The molecule has 1 saturated heterocycles. The predicted molar refractivity (Wildman–Crippen MR) is 121 cm³/mol. The minimum Gasteiger partial charge on any atom is -0.414 e. The van der Waals surface area contributed by atoms with E-state index < -0.39 is 20.9 Å². The topological polar surface area (TPSA) is 134 Å². The first-order valence-electron chi connectivity index (χ1n) is 10.1. The average molecular weight is 472 g/mol. The van der Waals surface area contributed by atoms with Crippen molar-refractivity contribution in [2.45, 2.75) is 16.6 Å². The fraction of sp³-hybridized carbons (Fsp3) is 0.182. The van der Waals surface area contributed by atoms with Gasteiger partial charge >= 0.3 is 0 Å². The molecule has 2 N–H and O–H groups in total. The lowest BCUT2D eigenvalue weighted by molar-refractivity contribution is 0.198. The van der Waals surface area contributed by atoms with E-state index in [1.165, 1.54) is 30.5 Å². The number of nitrogens with zero attached hydrogens (tertiary/aromatic N) is 4. The summed E-state index contributed by atoms with van der Waals surface area (Å²) in [6.07, 6.45) is 1.94. The molecule has 172 valence electrons. The molecule has 2 aromatic carbocycles. The van der Waals surface area contributed by atoms with Crippen molar-refractivity contribution >= 4 is 15.7 Å². The SMILES string of the molecule is Nc1ncc(-c2ccc(S(=O)(=O)C3CCOC3)cc2)nc1-c1nnc(-c2ccccc2F)o1.[HH].[HH]. The van der Waals surface area contributed by atoms with Gasteiger partial charge in [0.2, 0.25) is 0 Å². The van der Waals surface area contributed by atoms with Crippen molar-refractivity contribution in [1.82, 2.24) is 20.2 Å². The number of sulfone groups is 1. The molecule has 5 rings (SSSR count). The van der Waals surface area contributed by atoms with Crippen LogP contribution in [-0.4, -0.2) is 47.0 Å². The average Bonchev–Trinajstić information content (AvgIpc) is 3.53. The van der Waals surface area contributed by atoms with E-state index in [1.54, 1.807) is 24.3 Å². The highest BCUT2D eigenvalue weighted by atomic mass is 32.2. The van der Waals surface area contributed by atoms with Gasteiger partial charge in [0.15, 0.2) is 21.3 Å². The van der Waals surface area contributed by atoms with E-state index in [0.717, 1.165) is 0 Å². The van der Waals surface area contributed by atoms with Crippen LogP contribution in [0, 0.1) is 5.82 Å². The van der Waals surface area contributed by atoms with Crippen molar-refractivity contribution in [3.8, 4) is 34.3 Å². The molecule has 1 unspecified atom stereocenters. The molecule has 33 heavy (non-hydrogen) atoms. The normalized spacial score (nSPS) is 16.2. The summed E-state index contributed by atoms with van der Waals surface area (Å²) >= 11 is 0. The molecule has 9 nitrogen and oxygen atoms in total. The van der Waals surface area contributed by atoms with E-state index >= 15 is 0 Å². The molecular weight excluding hydrogens is 449 g/mol. The smallest absolute Gasteiger partial charge is 0.270 e. The van der Waals surface area contributed by atoms with Crippen LogP contribution >= 0.6 is 0 Å². The van der Waals surface area contributed by atoms with Gasteiger partial charge in [-0.25, -0.2) is 22.8 Å². The molecule has 1 aliphatic heterocycles. The summed E-state index contributed by atoms with van der Waals surface area (Å²) in [5, 5.41) is 7.28. The van der Waals surface area contributed by atoms with Gasteiger partial charge in [0, 0.05) is 15.0 Å². The highest BCUT2D eigenvalue weighted by Gasteiger charge is 2.31. The fourth-order valence-corrected chi connectivity index (χ4v) is 5.10. The molecule has 0 spiro atoms. The Balaban J connectivity index is 0.00000171. The van der Waals surface area contributed by atoms with Crippen LogP contribution in [-0.2, 0) is 14.6 Å². The van der Waals surface area contributed by atoms with Crippen LogP contribution < -0.4 is 5.73 Å². The fourth-order valence-electron chi connectivity index (χ4n) is 3.52. The Morgan fingerprint density at radius 2 is 1.82 bits per heavy atom. The van der Waals surface area contributed by atoms with Crippen LogP contribution in [0.4, 0.5) is 10.2 Å². The molecule has 3 heterocycles. The lowest BCUT2D eigenvalue weighted by Crippen LogP contribution is -2.21. The van der Waals surface area contributed by atoms with Crippen LogP contribution in [0.15, 0.2) is 64.0 Å². The van der Waals surface area contributed by atoms with Gasteiger partial charge in [-0.15, -0.1) is 10.2 Å². The van der Waals surface area contributed by atoms with Gasteiger partial charge in [0.25, 0.3) is 11.8 Å². The van der Waals surface area contributed by atoms with Gasteiger partial charge in [-0.05, 0) is 30.7 Å². The van der Waals surface area contributed by atoms with Crippen LogP contribution in [0.1, 0.15) is 9.27 Å². The van der Waals surface area contributed by atoms with Gasteiger partial charge in [-0.1, -0.05) is 24.3 Å². The maximum absolute atomic E-state index is 14.0. The minimum absolute atomic E-state index is 0. The van der Waals surface area contributed by atoms with Crippen LogP contribution in [0.2, 0.25) is 0 Å². The van der Waals surface area contributed by atoms with Crippen LogP contribution in [0.25, 0.3) is 34.3 Å². The number of nitrogen functional groups attached to an aromatic ring is 1. The van der Waals surface area contributed by atoms with Crippen molar-refractivity contribution in [2.24, 2.45) is 0 Å². The van der Waals surface area contributed by atoms with Crippen molar-refractivity contribution in [2.75, 3.05) is 18.9 Å². The first kappa shape index (κ1) is 21.2. The summed E-state index contributed by atoms with van der Waals surface area (Å²) in [7, 11) is -3.47. The van der Waals surface area contributed by atoms with Crippen LogP contribution in [0.3, 0.4) is 0 Å². The number of rotatable bonds is 5. The quantitative estimate of drug-likeness (QED) is 0.463. The van der Waals surface area contributed by atoms with Crippen LogP contribution in [0.5, 0.6) is 0 Å². The molecule has 1 fully saturated rings. The third kappa shape index (κ3) is 3.96. The first-order chi connectivity index (χ1) is 15.9. The second kappa shape index (κ2) is 8.34. The van der Waals surface area contributed by atoms with Crippen molar-refractivity contribution < 1.29 is 24.8 Å². The van der Waals surface area contributed by atoms with E-state index in [0.29, 0.717) is 24.3 Å². The molecule has 0 radical (unpaired) electrons. The summed E-state index contributed by atoms with van der Waals surface area (Å²) in [5.41, 5.74) is 7.31. The number of aromatic nitrogens is 4. The number of hydrogen-bond donors (Lipinski definition) is 1. The highest BCUT2D eigenvalue weighted by molar-refractivity contribution is 7.92. The minimum atomic E-state index is -3.47. The highest BCUT2D eigenvalue weighted by Crippen LogP contribution is 2.30. The molecule has 0 bridgehead atoms. The predicted octanol–water partition coefficient (Wildman–Crippen LogP) is 3.64. The van der Waals surface area contributed by atoms with Gasteiger partial charge in [0.1, 0.15) is 5.82 Å². The summed E-state index contributed by atoms with van der Waals surface area (Å²) in [6, 6.07) is 12.4. The van der Waals surface area contributed by atoms with Crippen molar-refractivity contribution in [1.29, 1.82) is 0 Å². The first-order valence-corrected chi connectivity index (χ1v) is 11.6. The van der Waals surface area contributed by atoms with Gasteiger partial charge in [0.05, 0.1) is 34.2 Å². The molecule has 0 saturated carbocycles. The van der Waals surface area contributed by atoms with Gasteiger partial charge < -0.3 is 14.9 Å². The summed E-state index contributed by atoms with van der Waals surface area (Å²) in [4.78, 5) is 8.83. The molecule has 0 aliphatic carbocycles. The number of hydrogen-bond acceptors (Lipinski definition) is 9. The molecule has 1 aliphatic rings. The number of benzene rings is 2. The Morgan fingerprint density at radius 3 is 2.55 bits per heavy atom. The van der Waals surface area contributed by atoms with E-state index in [2.05, 4.69) is 20.2 Å². The Labute approximate surface area is 191 Å². The summed E-state index contributed by atoms with van der Waals surface area (Å²) < 4.78 is 50.3. The van der Waals surface area contributed by atoms with E-state index in [1.807, 2.05) is 0 Å².